The molecule has 1 fully saturated rings. The molecule has 4 nitrogen and oxygen atoms in total. The van der Waals surface area contributed by atoms with Crippen LogP contribution in [0.15, 0.2) is 0 Å². The summed E-state index contributed by atoms with van der Waals surface area (Å²) >= 11 is 0. The molecular weight excluding hydrogens is 240 g/mol. The average Bonchev–Trinajstić information content (AvgIpc) is 2.68. The summed E-state index contributed by atoms with van der Waals surface area (Å²) in [5.74, 6) is 0.863. The molecule has 0 heterocycles. The van der Waals surface area contributed by atoms with Crippen LogP contribution in [0.3, 0.4) is 0 Å². The summed E-state index contributed by atoms with van der Waals surface area (Å²) in [5.41, 5.74) is -0.413. The first-order chi connectivity index (χ1) is 8.78. The normalized spacial score (nSPS) is 23.4. The van der Waals surface area contributed by atoms with Crippen molar-refractivity contribution in [2.24, 2.45) is 5.92 Å². The van der Waals surface area contributed by atoms with Crippen LogP contribution in [0.5, 0.6) is 0 Å². The van der Waals surface area contributed by atoms with E-state index >= 15 is 0 Å². The van der Waals surface area contributed by atoms with Crippen molar-refractivity contribution in [1.29, 1.82) is 0 Å². The molecule has 0 aromatic carbocycles. The monoisotopic (exact) mass is 270 g/mol. The van der Waals surface area contributed by atoms with Crippen molar-refractivity contribution < 1.29 is 9.53 Å². The minimum atomic E-state index is -0.413. The Morgan fingerprint density at radius 3 is 2.58 bits per heavy atom. The van der Waals surface area contributed by atoms with Crippen molar-refractivity contribution in [3.05, 3.63) is 0 Å². The fraction of sp³-hybridized carbons (Fsp3) is 0.933. The third-order valence-electron chi connectivity index (χ3n) is 3.50. The van der Waals surface area contributed by atoms with Gasteiger partial charge in [-0.15, -0.1) is 0 Å². The Kier molecular flexibility index (Phi) is 6.11. The second kappa shape index (κ2) is 7.13. The highest BCUT2D eigenvalue weighted by Gasteiger charge is 2.21. The molecule has 0 aromatic rings. The van der Waals surface area contributed by atoms with Gasteiger partial charge < -0.3 is 15.0 Å². The summed E-state index contributed by atoms with van der Waals surface area (Å²) < 4.78 is 5.31. The van der Waals surface area contributed by atoms with Crippen LogP contribution in [0.2, 0.25) is 0 Å². The Balaban J connectivity index is 2.10. The summed E-state index contributed by atoms with van der Waals surface area (Å²) in [6.07, 6.45) is 4.67. The van der Waals surface area contributed by atoms with Gasteiger partial charge in [-0.2, -0.15) is 0 Å². The molecule has 112 valence electrons. The predicted octanol–water partition coefficient (Wildman–Crippen LogP) is 3.02. The first kappa shape index (κ1) is 16.3. The Bertz CT molecular complexity index is 286. The van der Waals surface area contributed by atoms with E-state index in [2.05, 4.69) is 12.2 Å². The lowest BCUT2D eigenvalue weighted by molar-refractivity contribution is 0.0297. The van der Waals surface area contributed by atoms with Crippen LogP contribution in [0.4, 0.5) is 4.79 Å². The Hall–Kier alpha value is -0.770. The highest BCUT2D eigenvalue weighted by atomic mass is 16.6. The molecule has 19 heavy (non-hydrogen) atoms. The smallest absolute Gasteiger partial charge is 0.410 e. The molecule has 0 radical (unpaired) electrons. The molecule has 1 N–H and O–H groups in total. The van der Waals surface area contributed by atoms with E-state index in [4.69, 9.17) is 4.74 Å². The summed E-state index contributed by atoms with van der Waals surface area (Å²) in [7, 11) is 1.80. The van der Waals surface area contributed by atoms with Crippen molar-refractivity contribution in [1.82, 2.24) is 10.2 Å². The molecule has 1 rings (SSSR count). The summed E-state index contributed by atoms with van der Waals surface area (Å²) in [5, 5.41) is 3.58. The van der Waals surface area contributed by atoms with E-state index in [1.165, 1.54) is 19.3 Å². The maximum Gasteiger partial charge on any atom is 0.410 e. The molecule has 1 aliphatic carbocycles. The van der Waals surface area contributed by atoms with E-state index in [-0.39, 0.29) is 6.09 Å². The molecule has 0 aromatic heterocycles. The molecule has 2 atom stereocenters. The Labute approximate surface area is 117 Å². The largest absolute Gasteiger partial charge is 0.444 e. The number of rotatable bonds is 5. The van der Waals surface area contributed by atoms with Crippen molar-refractivity contribution in [2.45, 2.75) is 65.0 Å². The van der Waals surface area contributed by atoms with Gasteiger partial charge in [0.05, 0.1) is 0 Å². The van der Waals surface area contributed by atoms with Crippen molar-refractivity contribution in [2.75, 3.05) is 20.1 Å². The van der Waals surface area contributed by atoms with Crippen molar-refractivity contribution >= 4 is 6.09 Å². The van der Waals surface area contributed by atoms with Gasteiger partial charge in [-0.1, -0.05) is 6.92 Å². The molecule has 2 unspecified atom stereocenters. The molecule has 1 saturated carbocycles. The number of ether oxygens (including phenoxy) is 1. The van der Waals surface area contributed by atoms with E-state index in [1.807, 2.05) is 20.8 Å². The predicted molar refractivity (Wildman–Crippen MR) is 78.3 cm³/mol. The minimum absolute atomic E-state index is 0.234. The van der Waals surface area contributed by atoms with Crippen molar-refractivity contribution in [3.63, 3.8) is 0 Å². The molecular formula is C15H30N2O2. The molecule has 0 aliphatic heterocycles. The maximum atomic E-state index is 11.7. The molecule has 0 saturated heterocycles. The molecule has 4 heteroatoms. The number of hydrogen-bond donors (Lipinski definition) is 1. The van der Waals surface area contributed by atoms with E-state index in [1.54, 1.807) is 11.9 Å². The van der Waals surface area contributed by atoms with Crippen LogP contribution in [-0.4, -0.2) is 42.8 Å². The van der Waals surface area contributed by atoms with Gasteiger partial charge in [0.1, 0.15) is 5.60 Å². The van der Waals surface area contributed by atoms with Gasteiger partial charge in [-0.25, -0.2) is 4.79 Å². The zero-order valence-electron chi connectivity index (χ0n) is 13.2. The van der Waals surface area contributed by atoms with Gasteiger partial charge in [-0.05, 0) is 58.9 Å². The number of carbonyl (C=O) groups excluding carboxylic acids is 1. The third kappa shape index (κ3) is 6.81. The third-order valence-corrected chi connectivity index (χ3v) is 3.50. The molecule has 0 spiro atoms. The molecule has 1 aliphatic rings. The lowest BCUT2D eigenvalue weighted by atomic mass is 10.1. The molecule has 0 bridgehead atoms. The van der Waals surface area contributed by atoms with Crippen molar-refractivity contribution in [3.8, 4) is 0 Å². The molecule has 1 amide bonds. The highest BCUT2D eigenvalue weighted by molar-refractivity contribution is 5.67. The summed E-state index contributed by atoms with van der Waals surface area (Å²) in [6, 6.07) is 0.682. The fourth-order valence-corrected chi connectivity index (χ4v) is 2.45. The number of amides is 1. The van der Waals surface area contributed by atoms with Crippen LogP contribution < -0.4 is 5.32 Å². The van der Waals surface area contributed by atoms with Crippen LogP contribution in [-0.2, 0) is 4.74 Å². The van der Waals surface area contributed by atoms with Crippen LogP contribution in [0.1, 0.15) is 53.4 Å². The van der Waals surface area contributed by atoms with Gasteiger partial charge >= 0.3 is 6.09 Å². The first-order valence-electron chi connectivity index (χ1n) is 7.45. The van der Waals surface area contributed by atoms with Gasteiger partial charge in [0.15, 0.2) is 0 Å². The average molecular weight is 270 g/mol. The lowest BCUT2D eigenvalue weighted by Gasteiger charge is -2.24. The van der Waals surface area contributed by atoms with Gasteiger partial charge in [0, 0.05) is 19.6 Å². The SMILES string of the molecule is CC1CCC(NCCCN(C)C(=O)OC(C)(C)C)C1. The number of nitrogens with zero attached hydrogens (tertiary/aromatic N) is 1. The van der Waals surface area contributed by atoms with Crippen LogP contribution in [0.25, 0.3) is 0 Å². The second-order valence-electron chi connectivity index (χ2n) is 6.82. The maximum absolute atomic E-state index is 11.7. The Morgan fingerprint density at radius 2 is 2.05 bits per heavy atom. The highest BCUT2D eigenvalue weighted by Crippen LogP contribution is 2.24. The number of nitrogens with one attached hydrogen (secondary N) is 1. The number of hydrogen-bond acceptors (Lipinski definition) is 3. The quantitative estimate of drug-likeness (QED) is 0.781. The van der Waals surface area contributed by atoms with Crippen LogP contribution in [0, 0.1) is 5.92 Å². The zero-order valence-corrected chi connectivity index (χ0v) is 13.2. The van der Waals surface area contributed by atoms with E-state index in [0.29, 0.717) is 6.04 Å². The van der Waals surface area contributed by atoms with E-state index < -0.39 is 5.60 Å². The second-order valence-corrected chi connectivity index (χ2v) is 6.82. The standard InChI is InChI=1S/C15H30N2O2/c1-12-7-8-13(11-12)16-9-6-10-17(5)14(18)19-15(2,3)4/h12-13,16H,6-11H2,1-5H3. The van der Waals surface area contributed by atoms with Gasteiger partial charge in [-0.3, -0.25) is 0 Å². The number of carbonyl (C=O) groups is 1. The summed E-state index contributed by atoms with van der Waals surface area (Å²) in [6.45, 7) is 9.71. The fourth-order valence-electron chi connectivity index (χ4n) is 2.45. The van der Waals surface area contributed by atoms with Gasteiger partial charge in [0.2, 0.25) is 0 Å². The van der Waals surface area contributed by atoms with Crippen LogP contribution >= 0.6 is 0 Å². The first-order valence-corrected chi connectivity index (χ1v) is 7.45. The topological polar surface area (TPSA) is 41.6 Å². The Morgan fingerprint density at radius 1 is 1.37 bits per heavy atom. The van der Waals surface area contributed by atoms with Gasteiger partial charge in [0.25, 0.3) is 0 Å². The summed E-state index contributed by atoms with van der Waals surface area (Å²) in [4.78, 5) is 13.4. The lowest BCUT2D eigenvalue weighted by Crippen LogP contribution is -2.36. The van der Waals surface area contributed by atoms with E-state index in [9.17, 15) is 4.79 Å². The zero-order chi connectivity index (χ0) is 14.5. The minimum Gasteiger partial charge on any atom is -0.444 e. The van der Waals surface area contributed by atoms with E-state index in [0.717, 1.165) is 25.4 Å².